The van der Waals surface area contributed by atoms with Crippen molar-refractivity contribution in [2.24, 2.45) is 29.2 Å². The van der Waals surface area contributed by atoms with Gasteiger partial charge >= 0.3 is 0 Å². The molecule has 130 heavy (non-hydrogen) atoms. The van der Waals surface area contributed by atoms with Crippen LogP contribution in [0.3, 0.4) is 0 Å². The number of nitrogens with two attached hydrogens (primary N) is 2. The average Bonchev–Trinajstić information content (AvgIpc) is 1.60. The summed E-state index contributed by atoms with van der Waals surface area (Å²) in [5.41, 5.74) is -1.59. The van der Waals surface area contributed by atoms with Gasteiger partial charge in [0.2, 0.25) is 118 Å². The van der Waals surface area contributed by atoms with Crippen molar-refractivity contribution < 1.29 is 106 Å². The molecule has 0 saturated carbocycles. The Kier molecular flexibility index (Phi) is 41.1. The Bertz CT molecular complexity index is 4480. The Hall–Kier alpha value is -11.9. The van der Waals surface area contributed by atoms with Gasteiger partial charge in [-0.1, -0.05) is 73.6 Å². The number of amides is 20. The summed E-state index contributed by atoms with van der Waals surface area (Å²) in [4.78, 5) is 278. The number of aromatic amines is 1. The number of rotatable bonds is 51. The predicted molar refractivity (Wildman–Crippen MR) is 478 cm³/mol. The zero-order chi connectivity index (χ0) is 99.7. The molecule has 2 heterocycles. The number of benzene rings is 1. The number of hydrogen-bond donors (Lipinski definition) is 22. The van der Waals surface area contributed by atoms with Gasteiger partial charge in [0.05, 0.1) is 25.8 Å². The zero-order valence-electron chi connectivity index (χ0n) is 79.6. The number of para-hydroxylation sites is 1. The number of carbonyl (C=O) groups excluding carboxylic acids is 20. The molecule has 11 unspecified atom stereocenters. The third kappa shape index (κ3) is 33.2. The number of aromatic nitrogens is 1. The molecule has 728 valence electrons. The first-order valence-corrected chi connectivity index (χ1v) is 43.7. The minimum Gasteiger partial charge on any atom is -0.394 e. The molecule has 43 heteroatoms. The van der Waals surface area contributed by atoms with Crippen LogP contribution >= 0.6 is 0 Å². The van der Waals surface area contributed by atoms with Gasteiger partial charge in [-0.05, 0) is 191 Å². The van der Waals surface area contributed by atoms with Crippen LogP contribution in [-0.2, 0) is 102 Å². The maximum absolute atomic E-state index is 14.6. The minimum atomic E-state index is -1.91. The summed E-state index contributed by atoms with van der Waals surface area (Å²) < 4.78 is 0. The van der Waals surface area contributed by atoms with Crippen molar-refractivity contribution in [2.45, 2.75) is 335 Å². The van der Waals surface area contributed by atoms with Crippen LogP contribution in [0.2, 0.25) is 0 Å². The van der Waals surface area contributed by atoms with E-state index in [4.69, 9.17) is 11.5 Å². The van der Waals surface area contributed by atoms with Crippen molar-refractivity contribution in [3.8, 4) is 0 Å². The van der Waals surface area contributed by atoms with Crippen LogP contribution in [0.5, 0.6) is 0 Å². The maximum Gasteiger partial charge on any atom is 0.248 e. The summed E-state index contributed by atoms with van der Waals surface area (Å²) in [5.74, 6) is -18.0. The topological polar surface area (TPSA) is 657 Å². The summed E-state index contributed by atoms with van der Waals surface area (Å²) in [6.45, 7) is 32.4. The van der Waals surface area contributed by atoms with E-state index < -0.39 is 255 Å². The van der Waals surface area contributed by atoms with E-state index in [9.17, 15) is 106 Å². The van der Waals surface area contributed by atoms with Gasteiger partial charge in [0, 0.05) is 43.4 Å². The van der Waals surface area contributed by atoms with Gasteiger partial charge in [-0.3, -0.25) is 95.9 Å². The van der Waals surface area contributed by atoms with E-state index in [2.05, 4.69) is 95.4 Å². The number of carbonyl (C=O) groups is 20. The van der Waals surface area contributed by atoms with Gasteiger partial charge in [-0.15, -0.1) is 0 Å². The number of primary amides is 2. The van der Waals surface area contributed by atoms with Crippen LogP contribution in [0, 0.1) is 17.8 Å². The van der Waals surface area contributed by atoms with Crippen LogP contribution in [0.15, 0.2) is 30.5 Å². The molecule has 1 fully saturated rings. The highest BCUT2D eigenvalue weighted by Crippen LogP contribution is 2.26. The van der Waals surface area contributed by atoms with Gasteiger partial charge in [-0.2, -0.15) is 0 Å². The largest absolute Gasteiger partial charge is 0.394 e. The van der Waals surface area contributed by atoms with Crippen LogP contribution in [0.1, 0.15) is 236 Å². The van der Waals surface area contributed by atoms with E-state index in [1.807, 2.05) is 24.3 Å². The number of aliphatic hydroxyl groups is 2. The van der Waals surface area contributed by atoms with Crippen molar-refractivity contribution >= 4 is 129 Å². The second-order valence-electron chi connectivity index (χ2n) is 38.1. The predicted octanol–water partition coefficient (Wildman–Crippen LogP) is -3.06. The lowest BCUT2D eigenvalue weighted by Gasteiger charge is -2.36. The van der Waals surface area contributed by atoms with Crippen molar-refractivity contribution in [1.29, 1.82) is 0 Å². The lowest BCUT2D eigenvalue weighted by Crippen LogP contribution is -2.67. The highest BCUT2D eigenvalue weighted by Gasteiger charge is 2.48. The monoisotopic (exact) mass is 1830 g/mol. The molecule has 0 radical (unpaired) electrons. The molecular weight excluding hydrogens is 1690 g/mol. The van der Waals surface area contributed by atoms with E-state index >= 15 is 0 Å². The zero-order valence-corrected chi connectivity index (χ0v) is 79.6. The lowest BCUT2D eigenvalue weighted by molar-refractivity contribution is -0.145. The summed E-state index contributed by atoms with van der Waals surface area (Å²) in [7, 11) is 0. The SMILES string of the molecule is CCC(C)(NC(=O)C(C)NC(=O)C(CO)NC(=O)C(C)(C)NC(C)=O)C(=O)NC(C)(CC)C(=O)NC(CCC(N)=O)C(=O)NC(C)(C)C(=O)NC(C(=O)NC(C)(C)C(=O)NCC(=O)NC(CC(C)C)C(=O)NC(C)(C)C(=O)N1CCCC1C(=O)NC(CC(C)C)C(=O)NC(C)(C)C(=O)NC(C)(C)C(=O)NC(CCC(N)=O)C(=O)NC(CO)Cc1c[nH]c2ccccc12)C(C)C. The first kappa shape index (κ1) is 112. The number of nitrogens with one attached hydrogen (secondary N) is 18. The molecule has 1 aliphatic rings. The summed E-state index contributed by atoms with van der Waals surface area (Å²) >= 11 is 0. The molecular formula is C87H143N21O22. The van der Waals surface area contributed by atoms with E-state index in [1.165, 1.54) is 130 Å². The molecule has 1 aromatic carbocycles. The third-order valence-corrected chi connectivity index (χ3v) is 22.3. The van der Waals surface area contributed by atoms with Crippen molar-refractivity contribution in [1.82, 2.24) is 100 Å². The molecule has 0 aliphatic carbocycles. The Labute approximate surface area is 759 Å². The second-order valence-corrected chi connectivity index (χ2v) is 38.1. The number of nitrogens with zero attached hydrogens (tertiary/aromatic N) is 1. The normalized spacial score (nSPS) is 15.9. The Morgan fingerprint density at radius 3 is 1.41 bits per heavy atom. The molecule has 2 aromatic rings. The molecule has 0 bridgehead atoms. The van der Waals surface area contributed by atoms with Crippen molar-refractivity contribution in [2.75, 3.05) is 26.3 Å². The number of hydrogen-bond acceptors (Lipinski definition) is 22. The van der Waals surface area contributed by atoms with Crippen LogP contribution in [0.25, 0.3) is 10.9 Å². The molecule has 20 amide bonds. The quantitative estimate of drug-likeness (QED) is 0.0313. The van der Waals surface area contributed by atoms with Gasteiger partial charge in [0.15, 0.2) is 0 Å². The molecule has 11 atom stereocenters. The molecule has 3 rings (SSSR count). The number of aliphatic hydroxyl groups excluding tert-OH is 2. The fraction of sp³-hybridized carbons (Fsp3) is 0.678. The van der Waals surface area contributed by atoms with Gasteiger partial charge in [0.25, 0.3) is 0 Å². The second kappa shape index (κ2) is 47.6. The number of H-pyrrole nitrogens is 1. The highest BCUT2D eigenvalue weighted by molar-refractivity contribution is 6.04. The fourth-order valence-electron chi connectivity index (χ4n) is 13.7. The lowest BCUT2D eigenvalue weighted by atomic mass is 9.91. The Morgan fingerprint density at radius 1 is 0.454 bits per heavy atom. The summed E-state index contributed by atoms with van der Waals surface area (Å²) in [6.07, 6.45) is 0.860. The smallest absolute Gasteiger partial charge is 0.248 e. The van der Waals surface area contributed by atoms with Gasteiger partial charge < -0.3 is 122 Å². The van der Waals surface area contributed by atoms with Crippen LogP contribution in [0.4, 0.5) is 0 Å². The van der Waals surface area contributed by atoms with E-state index in [1.54, 1.807) is 47.7 Å². The van der Waals surface area contributed by atoms with Crippen LogP contribution < -0.4 is 102 Å². The molecule has 1 saturated heterocycles. The Balaban J connectivity index is 1.68. The summed E-state index contributed by atoms with van der Waals surface area (Å²) in [6, 6.07) is -4.43. The Morgan fingerprint density at radius 2 is 0.900 bits per heavy atom. The van der Waals surface area contributed by atoms with Crippen molar-refractivity contribution in [3.05, 3.63) is 36.0 Å². The first-order valence-electron chi connectivity index (χ1n) is 43.7. The maximum atomic E-state index is 14.6. The third-order valence-electron chi connectivity index (χ3n) is 22.3. The van der Waals surface area contributed by atoms with E-state index in [-0.39, 0.29) is 69.7 Å². The molecule has 1 aliphatic heterocycles. The summed E-state index contributed by atoms with van der Waals surface area (Å²) in [5, 5.41) is 64.7. The van der Waals surface area contributed by atoms with Gasteiger partial charge in [-0.25, -0.2) is 0 Å². The van der Waals surface area contributed by atoms with Crippen molar-refractivity contribution in [3.63, 3.8) is 0 Å². The fourth-order valence-corrected chi connectivity index (χ4v) is 13.7. The van der Waals surface area contributed by atoms with E-state index in [0.717, 1.165) is 16.5 Å². The van der Waals surface area contributed by atoms with E-state index in [0.29, 0.717) is 6.42 Å². The molecule has 1 aromatic heterocycles. The molecule has 43 nitrogen and oxygen atoms in total. The van der Waals surface area contributed by atoms with Gasteiger partial charge in [0.1, 0.15) is 92.6 Å². The number of likely N-dealkylation sites (tertiary alicyclic amines) is 1. The number of fused-ring (bicyclic) bond motifs is 1. The van der Waals surface area contributed by atoms with Crippen LogP contribution in [-0.4, -0.2) is 263 Å². The standard InChI is InChI=1S/C87H143N21O22/c1-25-86(23,107-78(129)87(24,26-2)105-64(115)48(9)92-66(117)58(44-110)98-73(124)81(13,14)100-49(10)111)77(128)97-55(34-36-61(89)113)67(118)101-82(15,16)75(126)99-63(47(7)8)71(122)104-80(11,12)72(123)91-42-62(114)94-56(38-45(3)4)68(119)103-85(21,22)79(130)108-37-29-32-59(108)70(121)95-57(39-46(5)6)69(120)102-84(19,20)76(127)106-83(17,18)74(125)96-54(33-35-60(88)112)65(116)93-51(43-109)40-50-41-90-53-31-28-27-30-52(50)53/h27-28,30-31,41,45-48,51,54-59,63,90,109-110H,25-26,29,32-40,42-44H2,1-24H3,(H2,88,112)(H2,89,113)(H,91,123)(H,92,117)(H,93,116)(H,94,114)(H,95,121)(H,96,125)(H,97,128)(H,98,124)(H,99,126)(H,100,111)(H,101,118)(H,102,120)(H,103,119)(H,104,122)(H,105,115)(H,106,127)(H,107,129). The average molecular weight is 1840 g/mol. The first-order chi connectivity index (χ1) is 59.8. The minimum absolute atomic E-state index is 0.0251. The highest BCUT2D eigenvalue weighted by atomic mass is 16.3. The molecule has 24 N–H and O–H groups in total. The molecule has 0 spiro atoms.